The van der Waals surface area contributed by atoms with Gasteiger partial charge in [-0.05, 0) is 55.5 Å². The molecular weight excluding hydrogens is 258 g/mol. The first-order valence-electron chi connectivity index (χ1n) is 6.62. The van der Waals surface area contributed by atoms with Crippen LogP contribution in [0.4, 0.5) is 0 Å². The van der Waals surface area contributed by atoms with Crippen LogP contribution >= 0.6 is 22.7 Å². The molecule has 0 aliphatic carbocycles. The molecule has 1 unspecified atom stereocenters. The minimum Gasteiger partial charge on any atom is -0.306 e. The number of nitrogens with one attached hydrogen (secondary N) is 1. The third-order valence-electron chi connectivity index (χ3n) is 3.12. The van der Waals surface area contributed by atoms with E-state index in [1.54, 1.807) is 0 Å². The van der Waals surface area contributed by atoms with Crippen LogP contribution in [-0.4, -0.2) is 6.54 Å². The van der Waals surface area contributed by atoms with Crippen molar-refractivity contribution in [2.24, 2.45) is 0 Å². The summed E-state index contributed by atoms with van der Waals surface area (Å²) in [6.07, 6.45) is 2.31. The summed E-state index contributed by atoms with van der Waals surface area (Å²) in [7, 11) is 0. The van der Waals surface area contributed by atoms with Gasteiger partial charge in [-0.3, -0.25) is 0 Å². The minimum atomic E-state index is 0.376. The second kappa shape index (κ2) is 6.50. The Labute approximate surface area is 118 Å². The molecule has 3 heteroatoms. The summed E-state index contributed by atoms with van der Waals surface area (Å²) in [4.78, 5) is 4.35. The van der Waals surface area contributed by atoms with Crippen molar-refractivity contribution in [2.75, 3.05) is 6.54 Å². The maximum Gasteiger partial charge on any atom is 0.0681 e. The quantitative estimate of drug-likeness (QED) is 0.803. The SMILES string of the molecule is CCCNC(c1ccc(CC)s1)c1ccsc1C. The molecular formula is C15H21NS2. The molecule has 0 bridgehead atoms. The van der Waals surface area contributed by atoms with Gasteiger partial charge in [0, 0.05) is 14.6 Å². The van der Waals surface area contributed by atoms with Crippen molar-refractivity contribution in [1.29, 1.82) is 0 Å². The molecule has 0 aliphatic heterocycles. The first-order valence-corrected chi connectivity index (χ1v) is 8.31. The normalized spacial score (nSPS) is 12.8. The fourth-order valence-electron chi connectivity index (χ4n) is 2.09. The van der Waals surface area contributed by atoms with Gasteiger partial charge in [-0.15, -0.1) is 22.7 Å². The first kappa shape index (κ1) is 13.8. The Kier molecular flexibility index (Phi) is 4.98. The number of rotatable bonds is 6. The fourth-order valence-corrected chi connectivity index (χ4v) is 3.87. The topological polar surface area (TPSA) is 12.0 Å². The summed E-state index contributed by atoms with van der Waals surface area (Å²) in [5, 5.41) is 5.88. The van der Waals surface area contributed by atoms with Crippen molar-refractivity contribution in [3.63, 3.8) is 0 Å². The molecule has 2 aromatic rings. The maximum atomic E-state index is 3.68. The minimum absolute atomic E-state index is 0.376. The first-order chi connectivity index (χ1) is 8.76. The smallest absolute Gasteiger partial charge is 0.0681 e. The zero-order chi connectivity index (χ0) is 13.0. The predicted octanol–water partition coefficient (Wildman–Crippen LogP) is 4.77. The molecule has 0 aromatic carbocycles. The van der Waals surface area contributed by atoms with Crippen LogP contribution in [0.25, 0.3) is 0 Å². The Morgan fingerprint density at radius 1 is 1.22 bits per heavy atom. The van der Waals surface area contributed by atoms with E-state index in [2.05, 4.69) is 49.7 Å². The van der Waals surface area contributed by atoms with Gasteiger partial charge in [0.2, 0.25) is 0 Å². The van der Waals surface area contributed by atoms with Crippen molar-refractivity contribution in [3.05, 3.63) is 43.8 Å². The van der Waals surface area contributed by atoms with Gasteiger partial charge in [-0.1, -0.05) is 13.8 Å². The standard InChI is InChI=1S/C15H21NS2/c1-4-9-16-15(13-8-10-17-11(13)3)14-7-6-12(5-2)18-14/h6-8,10,15-16H,4-5,9H2,1-3H3. The average molecular weight is 279 g/mol. The summed E-state index contributed by atoms with van der Waals surface area (Å²) in [5.41, 5.74) is 1.44. The van der Waals surface area contributed by atoms with Gasteiger partial charge in [0.15, 0.2) is 0 Å². The van der Waals surface area contributed by atoms with Crippen LogP contribution in [0.2, 0.25) is 0 Å². The summed E-state index contributed by atoms with van der Waals surface area (Å²) in [6.45, 7) is 7.73. The van der Waals surface area contributed by atoms with E-state index >= 15 is 0 Å². The van der Waals surface area contributed by atoms with Gasteiger partial charge >= 0.3 is 0 Å². The third-order valence-corrected chi connectivity index (χ3v) is 5.28. The zero-order valence-electron chi connectivity index (χ0n) is 11.3. The molecule has 0 fully saturated rings. The Morgan fingerprint density at radius 2 is 2.06 bits per heavy atom. The van der Waals surface area contributed by atoms with Gasteiger partial charge in [-0.25, -0.2) is 0 Å². The van der Waals surface area contributed by atoms with Crippen LogP contribution in [-0.2, 0) is 6.42 Å². The summed E-state index contributed by atoms with van der Waals surface area (Å²) < 4.78 is 0. The Morgan fingerprint density at radius 3 is 2.61 bits per heavy atom. The lowest BCUT2D eigenvalue weighted by atomic mass is 10.1. The van der Waals surface area contributed by atoms with Crippen molar-refractivity contribution in [1.82, 2.24) is 5.32 Å². The van der Waals surface area contributed by atoms with Crippen LogP contribution in [0.3, 0.4) is 0 Å². The molecule has 0 radical (unpaired) electrons. The lowest BCUT2D eigenvalue weighted by Gasteiger charge is -2.17. The Hall–Kier alpha value is -0.640. The summed E-state index contributed by atoms with van der Waals surface area (Å²) in [6, 6.07) is 7.19. The largest absolute Gasteiger partial charge is 0.306 e. The van der Waals surface area contributed by atoms with E-state index in [4.69, 9.17) is 0 Å². The molecule has 2 aromatic heterocycles. The van der Waals surface area contributed by atoms with E-state index < -0.39 is 0 Å². The number of hydrogen-bond donors (Lipinski definition) is 1. The number of hydrogen-bond acceptors (Lipinski definition) is 3. The Bertz CT molecular complexity index is 484. The van der Waals surface area contributed by atoms with Crippen LogP contribution in [0.5, 0.6) is 0 Å². The molecule has 0 aliphatic rings. The molecule has 0 saturated carbocycles. The zero-order valence-corrected chi connectivity index (χ0v) is 13.0. The highest BCUT2D eigenvalue weighted by Gasteiger charge is 2.17. The van der Waals surface area contributed by atoms with Crippen molar-refractivity contribution >= 4 is 22.7 Å². The van der Waals surface area contributed by atoms with Gasteiger partial charge < -0.3 is 5.32 Å². The van der Waals surface area contributed by atoms with Crippen molar-refractivity contribution in [2.45, 2.75) is 39.7 Å². The fraction of sp³-hybridized carbons (Fsp3) is 0.467. The Balaban J connectivity index is 2.27. The molecule has 0 amide bonds. The molecule has 98 valence electrons. The molecule has 18 heavy (non-hydrogen) atoms. The second-order valence-corrected chi connectivity index (χ2v) is 6.80. The third kappa shape index (κ3) is 3.02. The van der Waals surface area contributed by atoms with Gasteiger partial charge in [-0.2, -0.15) is 0 Å². The molecule has 1 atom stereocenters. The van der Waals surface area contributed by atoms with Crippen LogP contribution in [0, 0.1) is 6.92 Å². The van der Waals surface area contributed by atoms with E-state index in [9.17, 15) is 0 Å². The highest BCUT2D eigenvalue weighted by molar-refractivity contribution is 7.12. The highest BCUT2D eigenvalue weighted by Crippen LogP contribution is 2.32. The lowest BCUT2D eigenvalue weighted by Crippen LogP contribution is -2.22. The van der Waals surface area contributed by atoms with Crippen LogP contribution < -0.4 is 5.32 Å². The van der Waals surface area contributed by atoms with E-state index in [1.807, 2.05) is 22.7 Å². The van der Waals surface area contributed by atoms with E-state index in [-0.39, 0.29) is 0 Å². The van der Waals surface area contributed by atoms with E-state index in [0.717, 1.165) is 13.0 Å². The molecule has 0 saturated heterocycles. The summed E-state index contributed by atoms with van der Waals surface area (Å²) in [5.74, 6) is 0. The van der Waals surface area contributed by atoms with E-state index in [0.29, 0.717) is 6.04 Å². The van der Waals surface area contributed by atoms with Crippen molar-refractivity contribution in [3.8, 4) is 0 Å². The van der Waals surface area contributed by atoms with Crippen LogP contribution in [0.1, 0.15) is 46.5 Å². The number of thiophene rings is 2. The highest BCUT2D eigenvalue weighted by atomic mass is 32.1. The number of aryl methyl sites for hydroxylation is 2. The predicted molar refractivity (Wildman–Crippen MR) is 82.9 cm³/mol. The average Bonchev–Trinajstić information content (AvgIpc) is 3.00. The molecule has 0 spiro atoms. The molecule has 2 heterocycles. The van der Waals surface area contributed by atoms with E-state index in [1.165, 1.54) is 26.6 Å². The molecule has 2 rings (SSSR count). The lowest BCUT2D eigenvalue weighted by molar-refractivity contribution is 0.605. The monoisotopic (exact) mass is 279 g/mol. The maximum absolute atomic E-state index is 3.68. The van der Waals surface area contributed by atoms with Crippen molar-refractivity contribution < 1.29 is 0 Å². The van der Waals surface area contributed by atoms with Crippen LogP contribution in [0.15, 0.2) is 23.6 Å². The van der Waals surface area contributed by atoms with Gasteiger partial charge in [0.1, 0.15) is 0 Å². The van der Waals surface area contributed by atoms with Gasteiger partial charge in [0.05, 0.1) is 6.04 Å². The second-order valence-electron chi connectivity index (χ2n) is 4.48. The molecule has 1 nitrogen and oxygen atoms in total. The van der Waals surface area contributed by atoms with Gasteiger partial charge in [0.25, 0.3) is 0 Å². The molecule has 1 N–H and O–H groups in total. The summed E-state index contributed by atoms with van der Waals surface area (Å²) >= 11 is 3.78.